The highest BCUT2D eigenvalue weighted by molar-refractivity contribution is 5.32. The fourth-order valence-corrected chi connectivity index (χ4v) is 6.92. The van der Waals surface area contributed by atoms with E-state index in [-0.39, 0.29) is 23.4 Å². The zero-order valence-electron chi connectivity index (χ0n) is 15.2. The number of aliphatic hydroxyl groups excluding tert-OH is 3. The van der Waals surface area contributed by atoms with Crippen LogP contribution >= 0.6 is 0 Å². The molecule has 4 aliphatic rings. The van der Waals surface area contributed by atoms with E-state index in [9.17, 15) is 20.4 Å². The molecule has 0 bridgehead atoms. The fraction of sp³-hybridized carbons (Fsp3) is 0.810. The SMILES string of the molecule is C#C[C@]1(O)[C@H](O)C[C@H]2[C@@H]3[C@H](O)C=C4C[C@H](O)CC[C@]4(C)[C@H]3CC[C@@]21C. The molecule has 4 rings (SSSR count). The summed E-state index contributed by atoms with van der Waals surface area (Å²) in [4.78, 5) is 0. The van der Waals surface area contributed by atoms with Gasteiger partial charge in [-0.25, -0.2) is 0 Å². The second-order valence-electron chi connectivity index (χ2n) is 9.41. The summed E-state index contributed by atoms with van der Waals surface area (Å²) in [6.07, 6.45) is 10.2. The maximum absolute atomic E-state index is 11.0. The third kappa shape index (κ3) is 2.04. The Hall–Kier alpha value is -0.860. The third-order valence-electron chi connectivity index (χ3n) is 8.54. The van der Waals surface area contributed by atoms with Gasteiger partial charge in [-0.3, -0.25) is 0 Å². The number of hydrogen-bond donors (Lipinski definition) is 4. The summed E-state index contributed by atoms with van der Waals surface area (Å²) in [6, 6.07) is 0. The van der Waals surface area contributed by atoms with E-state index in [1.54, 1.807) is 0 Å². The van der Waals surface area contributed by atoms with Crippen molar-refractivity contribution in [1.29, 1.82) is 0 Å². The van der Waals surface area contributed by atoms with Crippen molar-refractivity contribution in [2.75, 3.05) is 0 Å². The Morgan fingerprint density at radius 1 is 1.12 bits per heavy atom. The van der Waals surface area contributed by atoms with Gasteiger partial charge in [-0.1, -0.05) is 31.4 Å². The molecule has 3 saturated carbocycles. The number of fused-ring (bicyclic) bond motifs is 5. The Morgan fingerprint density at radius 2 is 1.84 bits per heavy atom. The molecule has 25 heavy (non-hydrogen) atoms. The van der Waals surface area contributed by atoms with E-state index in [0.29, 0.717) is 18.8 Å². The molecule has 0 amide bonds. The number of terminal acetylenes is 1. The van der Waals surface area contributed by atoms with Gasteiger partial charge >= 0.3 is 0 Å². The molecule has 138 valence electrons. The molecular weight excluding hydrogens is 316 g/mol. The maximum Gasteiger partial charge on any atom is 0.156 e. The van der Waals surface area contributed by atoms with Gasteiger partial charge in [-0.2, -0.15) is 0 Å². The molecule has 4 nitrogen and oxygen atoms in total. The first-order valence-corrected chi connectivity index (χ1v) is 9.63. The molecule has 0 aliphatic heterocycles. The first-order valence-electron chi connectivity index (χ1n) is 9.63. The Labute approximate surface area is 150 Å². The van der Waals surface area contributed by atoms with Gasteiger partial charge in [0.15, 0.2) is 5.60 Å². The van der Waals surface area contributed by atoms with Crippen LogP contribution in [0.5, 0.6) is 0 Å². The van der Waals surface area contributed by atoms with Crippen molar-refractivity contribution < 1.29 is 20.4 Å². The smallest absolute Gasteiger partial charge is 0.156 e. The van der Waals surface area contributed by atoms with Crippen molar-refractivity contribution in [1.82, 2.24) is 0 Å². The summed E-state index contributed by atoms with van der Waals surface area (Å²) in [5.41, 5.74) is -0.907. The maximum atomic E-state index is 11.0. The molecular formula is C21H30O4. The van der Waals surface area contributed by atoms with Crippen molar-refractivity contribution in [3.8, 4) is 12.3 Å². The number of aliphatic hydroxyl groups is 4. The first kappa shape index (κ1) is 17.5. The van der Waals surface area contributed by atoms with Crippen molar-refractivity contribution >= 4 is 0 Å². The van der Waals surface area contributed by atoms with Gasteiger partial charge in [-0.15, -0.1) is 6.42 Å². The second kappa shape index (κ2) is 5.33. The summed E-state index contributed by atoms with van der Waals surface area (Å²) < 4.78 is 0. The highest BCUT2D eigenvalue weighted by Gasteiger charge is 2.68. The van der Waals surface area contributed by atoms with Gasteiger partial charge in [0.1, 0.15) is 0 Å². The summed E-state index contributed by atoms with van der Waals surface area (Å²) >= 11 is 0. The van der Waals surface area contributed by atoms with Gasteiger partial charge in [0.05, 0.1) is 18.3 Å². The van der Waals surface area contributed by atoms with Crippen LogP contribution in [0.15, 0.2) is 11.6 Å². The number of rotatable bonds is 0. The van der Waals surface area contributed by atoms with Gasteiger partial charge in [0.25, 0.3) is 0 Å². The van der Waals surface area contributed by atoms with Gasteiger partial charge in [0.2, 0.25) is 0 Å². The van der Waals surface area contributed by atoms with Gasteiger partial charge < -0.3 is 20.4 Å². The van der Waals surface area contributed by atoms with E-state index in [2.05, 4.69) is 12.8 Å². The standard InChI is InChI=1S/C21H30O4/c1-4-21(25)17(24)11-15-18-14(6-8-20(15,21)3)19(2)7-5-13(22)9-12(19)10-16(18)23/h1,10,13-18,22-25H,5-9,11H2,2-3H3/t13-,14+,15+,16-,17-,18-,19+,20+,21+/m1/s1. The Kier molecular flexibility index (Phi) is 3.74. The van der Waals surface area contributed by atoms with Crippen LogP contribution in [-0.4, -0.2) is 44.3 Å². The van der Waals surface area contributed by atoms with Crippen LogP contribution in [0, 0.1) is 40.9 Å². The average molecular weight is 346 g/mol. The van der Waals surface area contributed by atoms with E-state index in [4.69, 9.17) is 6.42 Å². The predicted molar refractivity (Wildman–Crippen MR) is 94.3 cm³/mol. The van der Waals surface area contributed by atoms with E-state index in [1.165, 1.54) is 5.57 Å². The monoisotopic (exact) mass is 346 g/mol. The summed E-state index contributed by atoms with van der Waals surface area (Å²) in [7, 11) is 0. The summed E-state index contributed by atoms with van der Waals surface area (Å²) in [5, 5.41) is 42.6. The quantitative estimate of drug-likeness (QED) is 0.397. The normalized spacial score (nSPS) is 57.7. The van der Waals surface area contributed by atoms with E-state index >= 15 is 0 Å². The highest BCUT2D eigenvalue weighted by atomic mass is 16.3. The van der Waals surface area contributed by atoms with E-state index in [0.717, 1.165) is 25.7 Å². The lowest BCUT2D eigenvalue weighted by atomic mass is 9.46. The molecule has 0 heterocycles. The van der Waals surface area contributed by atoms with Gasteiger partial charge in [0, 0.05) is 5.41 Å². The third-order valence-corrected chi connectivity index (χ3v) is 8.54. The van der Waals surface area contributed by atoms with Crippen LogP contribution in [0.4, 0.5) is 0 Å². The molecule has 3 fully saturated rings. The van der Waals surface area contributed by atoms with E-state index in [1.807, 2.05) is 13.0 Å². The minimum atomic E-state index is -1.52. The predicted octanol–water partition coefficient (Wildman–Crippen LogP) is 1.62. The molecule has 0 aromatic heterocycles. The topological polar surface area (TPSA) is 80.9 Å². The van der Waals surface area contributed by atoms with Crippen LogP contribution in [0.25, 0.3) is 0 Å². The summed E-state index contributed by atoms with van der Waals surface area (Å²) in [5.74, 6) is 2.79. The molecule has 4 heteroatoms. The lowest BCUT2D eigenvalue weighted by molar-refractivity contribution is -0.135. The van der Waals surface area contributed by atoms with Gasteiger partial charge in [-0.05, 0) is 61.7 Å². The fourth-order valence-electron chi connectivity index (χ4n) is 6.92. The Balaban J connectivity index is 1.77. The molecule has 0 aromatic carbocycles. The Morgan fingerprint density at radius 3 is 2.52 bits per heavy atom. The zero-order chi connectivity index (χ0) is 18.2. The minimum absolute atomic E-state index is 0.000215. The lowest BCUT2D eigenvalue weighted by Crippen LogP contribution is -2.58. The first-order chi connectivity index (χ1) is 11.7. The Bertz CT molecular complexity index is 651. The lowest BCUT2D eigenvalue weighted by Gasteiger charge is -2.59. The minimum Gasteiger partial charge on any atom is -0.393 e. The molecule has 9 atom stereocenters. The van der Waals surface area contributed by atoms with Crippen LogP contribution in [0.1, 0.15) is 52.4 Å². The van der Waals surface area contributed by atoms with Crippen molar-refractivity contribution in [3.05, 3.63) is 11.6 Å². The van der Waals surface area contributed by atoms with Crippen molar-refractivity contribution in [2.24, 2.45) is 28.6 Å². The average Bonchev–Trinajstić information content (AvgIpc) is 2.77. The van der Waals surface area contributed by atoms with Crippen molar-refractivity contribution in [3.63, 3.8) is 0 Å². The molecule has 4 N–H and O–H groups in total. The molecule has 4 aliphatic carbocycles. The summed E-state index contributed by atoms with van der Waals surface area (Å²) in [6.45, 7) is 4.26. The molecule has 0 spiro atoms. The van der Waals surface area contributed by atoms with Crippen LogP contribution in [-0.2, 0) is 0 Å². The molecule has 0 radical (unpaired) electrons. The second-order valence-corrected chi connectivity index (χ2v) is 9.41. The van der Waals surface area contributed by atoms with Crippen LogP contribution in [0.2, 0.25) is 0 Å². The highest BCUT2D eigenvalue weighted by Crippen LogP contribution is 2.66. The van der Waals surface area contributed by atoms with Crippen LogP contribution in [0.3, 0.4) is 0 Å². The van der Waals surface area contributed by atoms with Crippen molar-refractivity contribution in [2.45, 2.75) is 76.3 Å². The zero-order valence-corrected chi connectivity index (χ0v) is 15.2. The van der Waals surface area contributed by atoms with Crippen LogP contribution < -0.4 is 0 Å². The number of hydrogen-bond acceptors (Lipinski definition) is 4. The molecule has 0 aromatic rings. The molecule has 0 unspecified atom stereocenters. The van der Waals surface area contributed by atoms with E-state index < -0.39 is 23.2 Å². The largest absolute Gasteiger partial charge is 0.393 e. The molecule has 0 saturated heterocycles.